The van der Waals surface area contributed by atoms with Crippen LogP contribution in [0.4, 0.5) is 10.5 Å². The number of nitrogens with one attached hydrogen (secondary N) is 2. The summed E-state index contributed by atoms with van der Waals surface area (Å²) in [6.07, 6.45) is 2.16. The smallest absolute Gasteiger partial charge is 0.321 e. The molecule has 0 bridgehead atoms. The lowest BCUT2D eigenvalue weighted by Crippen LogP contribution is -2.41. The molecular weight excluding hydrogens is 374 g/mol. The van der Waals surface area contributed by atoms with Gasteiger partial charge in [-0.05, 0) is 48.9 Å². The average molecular weight is 400 g/mol. The van der Waals surface area contributed by atoms with Crippen molar-refractivity contribution in [2.75, 3.05) is 18.4 Å². The quantitative estimate of drug-likeness (QED) is 0.771. The molecule has 148 valence electrons. The van der Waals surface area contributed by atoms with Crippen LogP contribution in [0, 0.1) is 12.8 Å². The average Bonchev–Trinajstić information content (AvgIpc) is 2.69. The van der Waals surface area contributed by atoms with Crippen LogP contribution in [0.1, 0.15) is 30.4 Å². The van der Waals surface area contributed by atoms with Gasteiger partial charge in [-0.2, -0.15) is 0 Å². The van der Waals surface area contributed by atoms with Crippen molar-refractivity contribution in [3.63, 3.8) is 0 Å². The molecule has 2 aromatic rings. The van der Waals surface area contributed by atoms with Gasteiger partial charge in [0.25, 0.3) is 0 Å². The first-order chi connectivity index (χ1) is 13.5. The van der Waals surface area contributed by atoms with Crippen LogP contribution in [0.3, 0.4) is 0 Å². The first kappa shape index (κ1) is 20.2. The number of para-hydroxylation sites is 1. The lowest BCUT2D eigenvalue weighted by atomic mass is 9.93. The van der Waals surface area contributed by atoms with Crippen molar-refractivity contribution in [1.29, 1.82) is 0 Å². The summed E-state index contributed by atoms with van der Waals surface area (Å²) in [6, 6.07) is 15.1. The number of carbonyl (C=O) groups excluding carboxylic acids is 2. The molecule has 2 N–H and O–H groups in total. The third-order valence-corrected chi connectivity index (χ3v) is 5.56. The van der Waals surface area contributed by atoms with Gasteiger partial charge in [0, 0.05) is 26.1 Å². The first-order valence-corrected chi connectivity index (χ1v) is 10.0. The van der Waals surface area contributed by atoms with Crippen molar-refractivity contribution in [2.24, 2.45) is 5.92 Å². The van der Waals surface area contributed by atoms with Gasteiger partial charge in [0.15, 0.2) is 0 Å². The van der Waals surface area contributed by atoms with Gasteiger partial charge in [-0.1, -0.05) is 48.0 Å². The lowest BCUT2D eigenvalue weighted by molar-refractivity contribution is -0.122. The maximum Gasteiger partial charge on any atom is 0.321 e. The fourth-order valence-electron chi connectivity index (χ4n) is 3.43. The van der Waals surface area contributed by atoms with E-state index in [4.69, 9.17) is 11.6 Å². The van der Waals surface area contributed by atoms with Gasteiger partial charge in [0.2, 0.25) is 5.91 Å². The normalized spacial score (nSPS) is 14.6. The Morgan fingerprint density at radius 3 is 2.46 bits per heavy atom. The van der Waals surface area contributed by atoms with Crippen molar-refractivity contribution < 1.29 is 9.59 Å². The highest BCUT2D eigenvalue weighted by atomic mass is 35.5. The second-order valence-electron chi connectivity index (χ2n) is 7.25. The summed E-state index contributed by atoms with van der Waals surface area (Å²) in [5, 5.41) is 6.39. The number of nitrogens with zero attached hydrogens (tertiary/aromatic N) is 1. The molecule has 0 aromatic heterocycles. The molecular formula is C22H26ClN3O2. The molecule has 1 heterocycles. The van der Waals surface area contributed by atoms with Gasteiger partial charge in [0.1, 0.15) is 0 Å². The van der Waals surface area contributed by atoms with Gasteiger partial charge >= 0.3 is 6.03 Å². The molecule has 0 atom stereocenters. The second kappa shape index (κ2) is 9.60. The van der Waals surface area contributed by atoms with Crippen LogP contribution in [0.25, 0.3) is 0 Å². The number of piperidine rings is 1. The number of hydrogen-bond acceptors (Lipinski definition) is 2. The van der Waals surface area contributed by atoms with Crippen molar-refractivity contribution in [3.05, 3.63) is 64.7 Å². The van der Waals surface area contributed by atoms with E-state index in [1.807, 2.05) is 43.3 Å². The summed E-state index contributed by atoms with van der Waals surface area (Å²) in [4.78, 5) is 26.5. The molecule has 1 aliphatic heterocycles. The number of anilines is 1. The molecule has 0 aliphatic carbocycles. The lowest BCUT2D eigenvalue weighted by Gasteiger charge is -2.31. The zero-order valence-electron chi connectivity index (χ0n) is 16.1. The number of likely N-dealkylation sites (tertiary alicyclic amines) is 1. The first-order valence-electron chi connectivity index (χ1n) is 9.64. The predicted octanol–water partition coefficient (Wildman–Crippen LogP) is 4.60. The highest BCUT2D eigenvalue weighted by Crippen LogP contribution is 2.24. The zero-order chi connectivity index (χ0) is 19.9. The fourth-order valence-corrected chi connectivity index (χ4v) is 3.62. The molecule has 1 aliphatic rings. The van der Waals surface area contributed by atoms with E-state index in [0.29, 0.717) is 42.7 Å². The largest absolute Gasteiger partial charge is 0.352 e. The molecule has 6 heteroatoms. The third kappa shape index (κ3) is 5.49. The molecule has 0 spiro atoms. The Kier molecular flexibility index (Phi) is 6.93. The maximum absolute atomic E-state index is 12.4. The van der Waals surface area contributed by atoms with Gasteiger partial charge < -0.3 is 15.5 Å². The van der Waals surface area contributed by atoms with Crippen LogP contribution in [-0.4, -0.2) is 29.9 Å². The van der Waals surface area contributed by atoms with E-state index >= 15 is 0 Å². The van der Waals surface area contributed by atoms with Crippen LogP contribution in [-0.2, 0) is 11.3 Å². The topological polar surface area (TPSA) is 61.4 Å². The molecule has 5 nitrogen and oxygen atoms in total. The van der Waals surface area contributed by atoms with E-state index in [1.54, 1.807) is 17.0 Å². The van der Waals surface area contributed by atoms with Gasteiger partial charge in [-0.15, -0.1) is 0 Å². The van der Waals surface area contributed by atoms with Crippen molar-refractivity contribution in [2.45, 2.75) is 32.7 Å². The summed E-state index contributed by atoms with van der Waals surface area (Å²) in [5.41, 5.74) is 2.94. The number of aryl methyl sites for hydroxylation is 1. The minimum Gasteiger partial charge on any atom is -0.352 e. The zero-order valence-corrected chi connectivity index (χ0v) is 16.8. The number of amides is 3. The van der Waals surface area contributed by atoms with Crippen LogP contribution >= 0.6 is 11.6 Å². The fraction of sp³-hybridized carbons (Fsp3) is 0.364. The molecule has 2 aromatic carbocycles. The molecule has 3 amide bonds. The molecule has 1 saturated heterocycles. The number of hydrogen-bond donors (Lipinski definition) is 2. The van der Waals surface area contributed by atoms with Crippen LogP contribution in [0.15, 0.2) is 48.5 Å². The van der Waals surface area contributed by atoms with Crippen LogP contribution in [0.5, 0.6) is 0 Å². The standard InChI is InChI=1S/C22H26ClN3O2/c1-16-6-2-3-7-18(16)15-24-21(27)14-17-10-12-26(13-11-17)22(28)25-20-9-5-4-8-19(20)23/h2-9,17H,10-15H2,1H3,(H,24,27)(H,25,28). The van der Waals surface area contributed by atoms with Crippen LogP contribution in [0.2, 0.25) is 5.02 Å². The monoisotopic (exact) mass is 399 g/mol. The molecule has 3 rings (SSSR count). The SMILES string of the molecule is Cc1ccccc1CNC(=O)CC1CCN(C(=O)Nc2ccccc2Cl)CC1. The van der Waals surface area contributed by atoms with Gasteiger partial charge in [0.05, 0.1) is 10.7 Å². The Balaban J connectivity index is 1.41. The Hall–Kier alpha value is -2.53. The Labute approximate surface area is 171 Å². The number of halogens is 1. The van der Waals surface area contributed by atoms with Crippen molar-refractivity contribution in [3.8, 4) is 0 Å². The summed E-state index contributed by atoms with van der Waals surface area (Å²) >= 11 is 6.09. The van der Waals surface area contributed by atoms with E-state index in [2.05, 4.69) is 10.6 Å². The highest BCUT2D eigenvalue weighted by Gasteiger charge is 2.24. The predicted molar refractivity (Wildman–Crippen MR) is 112 cm³/mol. The summed E-state index contributed by atoms with van der Waals surface area (Å²) in [7, 11) is 0. The maximum atomic E-state index is 12.4. The van der Waals surface area contributed by atoms with E-state index in [-0.39, 0.29) is 11.9 Å². The number of carbonyl (C=O) groups is 2. The Bertz CT molecular complexity index is 832. The van der Waals surface area contributed by atoms with Crippen LogP contribution < -0.4 is 10.6 Å². The minimum absolute atomic E-state index is 0.0715. The second-order valence-corrected chi connectivity index (χ2v) is 7.65. The van der Waals surface area contributed by atoms with E-state index in [0.717, 1.165) is 18.4 Å². The van der Waals surface area contributed by atoms with Crippen molar-refractivity contribution in [1.82, 2.24) is 10.2 Å². The summed E-state index contributed by atoms with van der Waals surface area (Å²) < 4.78 is 0. The van der Waals surface area contributed by atoms with Crippen molar-refractivity contribution >= 4 is 29.2 Å². The third-order valence-electron chi connectivity index (χ3n) is 5.23. The Morgan fingerprint density at radius 2 is 1.75 bits per heavy atom. The van der Waals surface area contributed by atoms with Gasteiger partial charge in [-0.3, -0.25) is 4.79 Å². The summed E-state index contributed by atoms with van der Waals surface area (Å²) in [5.74, 6) is 0.378. The Morgan fingerprint density at radius 1 is 1.07 bits per heavy atom. The molecule has 28 heavy (non-hydrogen) atoms. The minimum atomic E-state index is -0.143. The van der Waals surface area contributed by atoms with Gasteiger partial charge in [-0.25, -0.2) is 4.79 Å². The highest BCUT2D eigenvalue weighted by molar-refractivity contribution is 6.33. The summed E-state index contributed by atoms with van der Waals surface area (Å²) in [6.45, 7) is 3.90. The number of benzene rings is 2. The molecule has 0 saturated carbocycles. The van der Waals surface area contributed by atoms with E-state index in [1.165, 1.54) is 5.56 Å². The number of urea groups is 1. The number of rotatable bonds is 5. The molecule has 0 radical (unpaired) electrons. The molecule has 0 unspecified atom stereocenters. The van der Waals surface area contributed by atoms with E-state index < -0.39 is 0 Å². The van der Waals surface area contributed by atoms with E-state index in [9.17, 15) is 9.59 Å². The molecule has 1 fully saturated rings.